The van der Waals surface area contributed by atoms with Crippen LogP contribution in [0.25, 0.3) is 0 Å². The van der Waals surface area contributed by atoms with Gasteiger partial charge in [-0.05, 0) is 35.7 Å². The predicted octanol–water partition coefficient (Wildman–Crippen LogP) is 4.78. The van der Waals surface area contributed by atoms with Gasteiger partial charge in [-0.1, -0.05) is 41.1 Å². The smallest absolute Gasteiger partial charge is 0.163 e. The van der Waals surface area contributed by atoms with E-state index in [1.54, 1.807) is 30.3 Å². The maximum Gasteiger partial charge on any atom is 0.163 e. The van der Waals surface area contributed by atoms with Gasteiger partial charge in [0.1, 0.15) is 5.82 Å². The molecule has 0 saturated carbocycles. The van der Waals surface area contributed by atoms with E-state index in [2.05, 4.69) is 15.9 Å². The van der Waals surface area contributed by atoms with Gasteiger partial charge in [0.25, 0.3) is 0 Å². The molecule has 4 heteroatoms. The Balaban J connectivity index is 2.14. The Morgan fingerprint density at radius 1 is 1.24 bits per heavy atom. The molecule has 0 amide bonds. The molecule has 0 aliphatic rings. The third-order valence-corrected chi connectivity index (χ3v) is 4.10. The zero-order valence-corrected chi connectivity index (χ0v) is 13.1. The van der Waals surface area contributed by atoms with Crippen molar-refractivity contribution >= 4 is 28.0 Å². The van der Waals surface area contributed by atoms with Crippen LogP contribution in [0.1, 0.15) is 45.5 Å². The van der Waals surface area contributed by atoms with E-state index in [9.17, 15) is 14.0 Å². The van der Waals surface area contributed by atoms with Crippen LogP contribution in [-0.2, 0) is 0 Å². The van der Waals surface area contributed by atoms with Gasteiger partial charge in [-0.3, -0.25) is 9.59 Å². The molecule has 0 fully saturated rings. The Hall–Kier alpha value is -1.81. The summed E-state index contributed by atoms with van der Waals surface area (Å²) in [6.07, 6.45) is 1.02. The molecule has 1 atom stereocenters. The summed E-state index contributed by atoms with van der Waals surface area (Å²) in [6.45, 7) is 1.92. The zero-order valence-electron chi connectivity index (χ0n) is 11.5. The molecule has 0 aromatic heterocycles. The highest BCUT2D eigenvalue weighted by Gasteiger charge is 2.14. The number of hydrogen-bond acceptors (Lipinski definition) is 2. The Kier molecular flexibility index (Phi) is 5.02. The first-order chi connectivity index (χ1) is 10.0. The van der Waals surface area contributed by atoms with Crippen molar-refractivity contribution in [1.29, 1.82) is 0 Å². The topological polar surface area (TPSA) is 34.1 Å². The number of rotatable bonds is 5. The Bertz CT molecular complexity index is 665. The van der Waals surface area contributed by atoms with Crippen LogP contribution in [0, 0.1) is 5.82 Å². The lowest BCUT2D eigenvalue weighted by Gasteiger charge is -2.11. The molecule has 0 aliphatic heterocycles. The summed E-state index contributed by atoms with van der Waals surface area (Å²) in [7, 11) is 0. The lowest BCUT2D eigenvalue weighted by Crippen LogP contribution is -2.06. The Labute approximate surface area is 131 Å². The quantitative estimate of drug-likeness (QED) is 0.575. The van der Waals surface area contributed by atoms with E-state index in [0.717, 1.165) is 5.56 Å². The highest BCUT2D eigenvalue weighted by atomic mass is 79.9. The minimum Gasteiger partial charge on any atom is -0.298 e. The molecule has 0 N–H and O–H groups in total. The van der Waals surface area contributed by atoms with Gasteiger partial charge in [0, 0.05) is 22.0 Å². The highest BCUT2D eigenvalue weighted by molar-refractivity contribution is 9.10. The number of halogens is 2. The molecule has 108 valence electrons. The van der Waals surface area contributed by atoms with E-state index in [-0.39, 0.29) is 17.5 Å². The third kappa shape index (κ3) is 3.85. The van der Waals surface area contributed by atoms with Gasteiger partial charge in [0.05, 0.1) is 0 Å². The summed E-state index contributed by atoms with van der Waals surface area (Å²) >= 11 is 3.26. The molecule has 21 heavy (non-hydrogen) atoms. The highest BCUT2D eigenvalue weighted by Crippen LogP contribution is 2.23. The normalized spacial score (nSPS) is 12.0. The van der Waals surface area contributed by atoms with Crippen molar-refractivity contribution in [2.24, 2.45) is 0 Å². The first-order valence-electron chi connectivity index (χ1n) is 6.54. The molecule has 0 spiro atoms. The average Bonchev–Trinajstić information content (AvgIpc) is 2.48. The van der Waals surface area contributed by atoms with Gasteiger partial charge in [0.2, 0.25) is 0 Å². The standard InChI is InChI=1S/C17H14BrFO2/c1-11(12-2-5-15(19)6-3-12)8-17(21)13-4-7-16(18)14(9-13)10-20/h2-7,9-11H,8H2,1H3/t11-/m0/s1. The number of carbonyl (C=O) groups is 2. The molecule has 0 aliphatic carbocycles. The van der Waals surface area contributed by atoms with Crippen molar-refractivity contribution in [3.8, 4) is 0 Å². The van der Waals surface area contributed by atoms with Crippen LogP contribution >= 0.6 is 15.9 Å². The lowest BCUT2D eigenvalue weighted by molar-refractivity contribution is 0.0975. The van der Waals surface area contributed by atoms with Gasteiger partial charge in [0.15, 0.2) is 12.1 Å². The molecule has 0 unspecified atom stereocenters. The maximum absolute atomic E-state index is 12.9. The van der Waals surface area contributed by atoms with Crippen LogP contribution in [0.2, 0.25) is 0 Å². The molecular weight excluding hydrogens is 335 g/mol. The number of Topliss-reactive ketones (excluding diaryl/α,β-unsaturated/α-hetero) is 1. The number of benzene rings is 2. The van der Waals surface area contributed by atoms with Crippen LogP contribution in [-0.4, -0.2) is 12.1 Å². The molecule has 0 heterocycles. The molecule has 0 radical (unpaired) electrons. The summed E-state index contributed by atoms with van der Waals surface area (Å²) < 4.78 is 13.6. The van der Waals surface area contributed by atoms with Gasteiger partial charge in [-0.25, -0.2) is 4.39 Å². The van der Waals surface area contributed by atoms with Crippen LogP contribution in [0.4, 0.5) is 4.39 Å². The maximum atomic E-state index is 12.9. The third-order valence-electron chi connectivity index (χ3n) is 3.38. The summed E-state index contributed by atoms with van der Waals surface area (Å²) in [5.74, 6) is -0.343. The Morgan fingerprint density at radius 2 is 1.90 bits per heavy atom. The van der Waals surface area contributed by atoms with Crippen LogP contribution in [0.5, 0.6) is 0 Å². The average molecular weight is 349 g/mol. The fourth-order valence-electron chi connectivity index (χ4n) is 2.11. The first kappa shape index (κ1) is 15.6. The fourth-order valence-corrected chi connectivity index (χ4v) is 2.45. The molecule has 0 saturated heterocycles. The van der Waals surface area contributed by atoms with E-state index in [1.165, 1.54) is 12.1 Å². The number of aldehydes is 1. The van der Waals surface area contributed by atoms with E-state index >= 15 is 0 Å². The zero-order chi connectivity index (χ0) is 15.4. The van der Waals surface area contributed by atoms with Gasteiger partial charge in [-0.2, -0.15) is 0 Å². The summed E-state index contributed by atoms with van der Waals surface area (Å²) in [5.41, 5.74) is 1.88. The monoisotopic (exact) mass is 348 g/mol. The van der Waals surface area contributed by atoms with Crippen molar-refractivity contribution in [2.45, 2.75) is 19.3 Å². The van der Waals surface area contributed by atoms with Crippen molar-refractivity contribution in [1.82, 2.24) is 0 Å². The SMILES string of the molecule is C[C@@H](CC(=O)c1ccc(Br)c(C=O)c1)c1ccc(F)cc1. The van der Waals surface area contributed by atoms with Crippen LogP contribution < -0.4 is 0 Å². The second kappa shape index (κ2) is 6.76. The molecular formula is C17H14BrFO2. The summed E-state index contributed by atoms with van der Waals surface area (Å²) in [5, 5.41) is 0. The van der Waals surface area contributed by atoms with Gasteiger partial charge >= 0.3 is 0 Å². The summed E-state index contributed by atoms with van der Waals surface area (Å²) in [6, 6.07) is 11.1. The minimum atomic E-state index is -0.291. The number of ketones is 1. The first-order valence-corrected chi connectivity index (χ1v) is 7.34. The van der Waals surface area contributed by atoms with Crippen LogP contribution in [0.3, 0.4) is 0 Å². The summed E-state index contributed by atoms with van der Waals surface area (Å²) in [4.78, 5) is 23.2. The van der Waals surface area contributed by atoms with Crippen molar-refractivity contribution in [3.05, 3.63) is 69.4 Å². The minimum absolute atomic E-state index is 0.0126. The van der Waals surface area contributed by atoms with Gasteiger partial charge < -0.3 is 0 Å². The molecule has 2 aromatic carbocycles. The van der Waals surface area contributed by atoms with E-state index < -0.39 is 0 Å². The van der Waals surface area contributed by atoms with Gasteiger partial charge in [-0.15, -0.1) is 0 Å². The molecule has 0 bridgehead atoms. The predicted molar refractivity (Wildman–Crippen MR) is 83.3 cm³/mol. The van der Waals surface area contributed by atoms with Crippen LogP contribution in [0.15, 0.2) is 46.9 Å². The van der Waals surface area contributed by atoms with E-state index in [4.69, 9.17) is 0 Å². The lowest BCUT2D eigenvalue weighted by atomic mass is 9.93. The van der Waals surface area contributed by atoms with Crippen molar-refractivity contribution < 1.29 is 14.0 Å². The largest absolute Gasteiger partial charge is 0.298 e. The number of hydrogen-bond donors (Lipinski definition) is 0. The Morgan fingerprint density at radius 3 is 2.52 bits per heavy atom. The second-order valence-electron chi connectivity index (χ2n) is 4.93. The van der Waals surface area contributed by atoms with E-state index in [1.807, 2.05) is 6.92 Å². The fraction of sp³-hybridized carbons (Fsp3) is 0.176. The van der Waals surface area contributed by atoms with Crippen molar-refractivity contribution in [2.75, 3.05) is 0 Å². The number of carbonyl (C=O) groups excluding carboxylic acids is 2. The second-order valence-corrected chi connectivity index (χ2v) is 5.79. The molecule has 2 nitrogen and oxygen atoms in total. The van der Waals surface area contributed by atoms with E-state index in [0.29, 0.717) is 28.3 Å². The molecule has 2 aromatic rings. The van der Waals surface area contributed by atoms with Crippen molar-refractivity contribution in [3.63, 3.8) is 0 Å². The molecule has 2 rings (SSSR count).